The molecule has 3 atom stereocenters. The predicted octanol–water partition coefficient (Wildman–Crippen LogP) is 3.21. The average Bonchev–Trinajstić information content (AvgIpc) is 2.72. The van der Waals surface area contributed by atoms with Crippen molar-refractivity contribution in [2.45, 2.75) is 32.3 Å². The van der Waals surface area contributed by atoms with Crippen LogP contribution in [-0.2, 0) is 0 Å². The minimum Gasteiger partial charge on any atom is -0.386 e. The van der Waals surface area contributed by atoms with Crippen LogP contribution < -0.4 is 5.32 Å². The molecule has 0 aliphatic carbocycles. The van der Waals surface area contributed by atoms with Crippen LogP contribution in [0.5, 0.6) is 0 Å². The predicted molar refractivity (Wildman–Crippen MR) is 110 cm³/mol. The van der Waals surface area contributed by atoms with Crippen LogP contribution in [0.15, 0.2) is 59.9 Å². The van der Waals surface area contributed by atoms with Crippen LogP contribution in [0.2, 0.25) is 0 Å². The molecule has 0 amide bonds. The Bertz CT molecular complexity index is 720. The molecule has 1 aromatic heterocycles. The molecule has 1 aliphatic heterocycles. The Morgan fingerprint density at radius 2 is 2.00 bits per heavy atom. The van der Waals surface area contributed by atoms with Gasteiger partial charge in [-0.05, 0) is 48.4 Å². The fourth-order valence-corrected chi connectivity index (χ4v) is 3.82. The summed E-state index contributed by atoms with van der Waals surface area (Å²) in [5.41, 5.74) is 2.28. The number of hydrogen-bond donors (Lipinski definition) is 2. The third-order valence-electron chi connectivity index (χ3n) is 5.27. The summed E-state index contributed by atoms with van der Waals surface area (Å²) in [6, 6.07) is 14.5. The van der Waals surface area contributed by atoms with E-state index in [-0.39, 0.29) is 0 Å². The van der Waals surface area contributed by atoms with E-state index in [4.69, 9.17) is 4.99 Å². The number of likely N-dealkylation sites (tertiary alicyclic amines) is 1. The fraction of sp³-hybridized carbons (Fsp3) is 0.455. The Balaban J connectivity index is 1.65. The Morgan fingerprint density at radius 1 is 1.26 bits per heavy atom. The third-order valence-corrected chi connectivity index (χ3v) is 5.27. The zero-order valence-corrected chi connectivity index (χ0v) is 16.3. The first-order valence-electron chi connectivity index (χ1n) is 9.85. The van der Waals surface area contributed by atoms with E-state index in [0.717, 1.165) is 37.6 Å². The van der Waals surface area contributed by atoms with Gasteiger partial charge in [0.1, 0.15) is 0 Å². The van der Waals surface area contributed by atoms with Crippen LogP contribution in [0.4, 0.5) is 0 Å². The maximum absolute atomic E-state index is 10.4. The molecular weight excluding hydrogens is 336 g/mol. The van der Waals surface area contributed by atoms with Crippen LogP contribution >= 0.6 is 0 Å². The molecule has 1 saturated heterocycles. The van der Waals surface area contributed by atoms with E-state index in [1.165, 1.54) is 5.56 Å². The van der Waals surface area contributed by atoms with Gasteiger partial charge in [-0.25, -0.2) is 0 Å². The van der Waals surface area contributed by atoms with Crippen molar-refractivity contribution in [1.82, 2.24) is 15.2 Å². The summed E-state index contributed by atoms with van der Waals surface area (Å²) >= 11 is 0. The highest BCUT2D eigenvalue weighted by molar-refractivity contribution is 5.80. The molecule has 0 saturated carbocycles. The van der Waals surface area contributed by atoms with Gasteiger partial charge in [-0.15, -0.1) is 0 Å². The van der Waals surface area contributed by atoms with Crippen LogP contribution in [0.1, 0.15) is 43.4 Å². The van der Waals surface area contributed by atoms with Crippen LogP contribution in [0.3, 0.4) is 0 Å². The Labute approximate surface area is 162 Å². The van der Waals surface area contributed by atoms with E-state index < -0.39 is 6.10 Å². The number of nitrogens with one attached hydrogen (secondary N) is 1. The van der Waals surface area contributed by atoms with Gasteiger partial charge in [0, 0.05) is 32.0 Å². The second-order valence-electron chi connectivity index (χ2n) is 7.22. The first kappa shape index (κ1) is 19.4. The SMILES string of the molecule is CCNC(=NCC(O)c1ccncc1)N1CCC(c2ccccc2)C(C)C1. The molecule has 5 nitrogen and oxygen atoms in total. The van der Waals surface area contributed by atoms with E-state index in [1.807, 2.05) is 12.1 Å². The minimum atomic E-state index is -0.610. The lowest BCUT2D eigenvalue weighted by atomic mass is 9.82. The smallest absolute Gasteiger partial charge is 0.194 e. The number of guanidine groups is 1. The second kappa shape index (κ2) is 9.51. The van der Waals surface area contributed by atoms with Crippen molar-refractivity contribution >= 4 is 5.96 Å². The quantitative estimate of drug-likeness (QED) is 0.630. The van der Waals surface area contributed by atoms with E-state index in [2.05, 4.69) is 59.4 Å². The summed E-state index contributed by atoms with van der Waals surface area (Å²) in [4.78, 5) is 11.0. The monoisotopic (exact) mass is 366 g/mol. The third kappa shape index (κ3) is 5.07. The van der Waals surface area contributed by atoms with Crippen molar-refractivity contribution in [3.05, 3.63) is 66.0 Å². The molecule has 0 bridgehead atoms. The van der Waals surface area contributed by atoms with E-state index in [1.54, 1.807) is 12.4 Å². The minimum absolute atomic E-state index is 0.347. The van der Waals surface area contributed by atoms with E-state index in [9.17, 15) is 5.11 Å². The molecule has 144 valence electrons. The Kier molecular flexibility index (Phi) is 6.82. The Hall–Kier alpha value is -2.40. The molecule has 5 heteroatoms. The van der Waals surface area contributed by atoms with Gasteiger partial charge in [0.25, 0.3) is 0 Å². The first-order chi connectivity index (χ1) is 13.2. The second-order valence-corrected chi connectivity index (χ2v) is 7.22. The van der Waals surface area contributed by atoms with Crippen LogP contribution in [0.25, 0.3) is 0 Å². The van der Waals surface area contributed by atoms with Crippen molar-refractivity contribution < 1.29 is 5.11 Å². The van der Waals surface area contributed by atoms with Crippen molar-refractivity contribution in [3.8, 4) is 0 Å². The lowest BCUT2D eigenvalue weighted by Gasteiger charge is -2.39. The molecule has 2 heterocycles. The number of piperidine rings is 1. The van der Waals surface area contributed by atoms with Gasteiger partial charge < -0.3 is 15.3 Å². The number of aliphatic imine (C=N–C) groups is 1. The molecule has 2 aromatic rings. The molecule has 1 aliphatic rings. The van der Waals surface area contributed by atoms with Crippen molar-refractivity contribution in [2.75, 3.05) is 26.2 Å². The number of nitrogens with zero attached hydrogens (tertiary/aromatic N) is 3. The molecule has 0 radical (unpaired) electrons. The molecule has 2 N–H and O–H groups in total. The molecule has 1 fully saturated rings. The summed E-state index contributed by atoms with van der Waals surface area (Å²) < 4.78 is 0. The standard InChI is InChI=1S/C22H30N4O/c1-3-24-22(25-15-21(27)19-9-12-23-13-10-19)26-14-11-20(17(2)16-26)18-7-5-4-6-8-18/h4-10,12-13,17,20-21,27H,3,11,14-16H2,1-2H3,(H,24,25). The molecule has 1 aromatic carbocycles. The largest absolute Gasteiger partial charge is 0.386 e. The van der Waals surface area contributed by atoms with Crippen molar-refractivity contribution in [3.63, 3.8) is 0 Å². The van der Waals surface area contributed by atoms with Gasteiger partial charge in [-0.3, -0.25) is 9.98 Å². The highest BCUT2D eigenvalue weighted by Gasteiger charge is 2.28. The topological polar surface area (TPSA) is 60.8 Å². The molecule has 3 rings (SSSR count). The number of benzene rings is 1. The summed E-state index contributed by atoms with van der Waals surface area (Å²) in [5.74, 6) is 2.03. The first-order valence-corrected chi connectivity index (χ1v) is 9.85. The van der Waals surface area contributed by atoms with Gasteiger partial charge in [0.05, 0.1) is 12.6 Å². The normalized spacial score (nSPS) is 21.7. The number of hydrogen-bond acceptors (Lipinski definition) is 3. The Morgan fingerprint density at radius 3 is 2.67 bits per heavy atom. The lowest BCUT2D eigenvalue weighted by Crippen LogP contribution is -2.48. The maximum Gasteiger partial charge on any atom is 0.194 e. The van der Waals surface area contributed by atoms with Gasteiger partial charge in [-0.2, -0.15) is 0 Å². The number of aliphatic hydroxyl groups is 1. The van der Waals surface area contributed by atoms with Gasteiger partial charge >= 0.3 is 0 Å². The van der Waals surface area contributed by atoms with Crippen molar-refractivity contribution in [2.24, 2.45) is 10.9 Å². The number of pyridine rings is 1. The molecular formula is C22H30N4O. The zero-order chi connectivity index (χ0) is 19.1. The molecule has 3 unspecified atom stereocenters. The fourth-order valence-electron chi connectivity index (χ4n) is 3.82. The van der Waals surface area contributed by atoms with Gasteiger partial charge in [0.15, 0.2) is 5.96 Å². The number of aromatic nitrogens is 1. The van der Waals surface area contributed by atoms with Gasteiger partial charge in [-0.1, -0.05) is 37.3 Å². The van der Waals surface area contributed by atoms with E-state index in [0.29, 0.717) is 18.4 Å². The molecule has 27 heavy (non-hydrogen) atoms. The summed E-state index contributed by atoms with van der Waals surface area (Å²) in [5, 5.41) is 13.8. The number of aliphatic hydroxyl groups excluding tert-OH is 1. The highest BCUT2D eigenvalue weighted by Crippen LogP contribution is 2.32. The number of rotatable bonds is 5. The summed E-state index contributed by atoms with van der Waals surface area (Å²) in [6.07, 6.45) is 3.90. The zero-order valence-electron chi connectivity index (χ0n) is 16.3. The molecule has 0 spiro atoms. The summed E-state index contributed by atoms with van der Waals surface area (Å²) in [7, 11) is 0. The highest BCUT2D eigenvalue weighted by atomic mass is 16.3. The van der Waals surface area contributed by atoms with Crippen LogP contribution in [-0.4, -0.2) is 47.1 Å². The lowest BCUT2D eigenvalue weighted by molar-refractivity contribution is 0.185. The maximum atomic E-state index is 10.4. The summed E-state index contributed by atoms with van der Waals surface area (Å²) in [6.45, 7) is 7.50. The average molecular weight is 367 g/mol. The van der Waals surface area contributed by atoms with Crippen LogP contribution in [0, 0.1) is 5.92 Å². The van der Waals surface area contributed by atoms with E-state index >= 15 is 0 Å². The van der Waals surface area contributed by atoms with Crippen molar-refractivity contribution in [1.29, 1.82) is 0 Å². The van der Waals surface area contributed by atoms with Gasteiger partial charge in [0.2, 0.25) is 0 Å².